The molecule has 2 fully saturated rings. The number of aryl methyl sites for hydroxylation is 2. The van der Waals surface area contributed by atoms with E-state index in [4.69, 9.17) is 0 Å². The molecule has 0 aliphatic carbocycles. The summed E-state index contributed by atoms with van der Waals surface area (Å²) in [5, 5.41) is 6.20. The lowest BCUT2D eigenvalue weighted by Gasteiger charge is -2.32. The standard InChI is InChI=1S/C13H19N3O.C8H7NO.C5H12N2/c1-11-3-5-12(6-4-11)14-13(17)16-9-7-15(2)8-10-16;1-7-2-4-8(5-3-7)9-6-10;1-7-4-2-6-3-5-7/h3-6H,7-10H2,1-2H3,(H,14,17);2-5H,1H3;6H,2-5H2,1H3. The molecule has 2 heterocycles. The fourth-order valence-corrected chi connectivity index (χ4v) is 3.30. The summed E-state index contributed by atoms with van der Waals surface area (Å²) < 4.78 is 0. The summed E-state index contributed by atoms with van der Waals surface area (Å²) in [5.74, 6) is 0. The highest BCUT2D eigenvalue weighted by Crippen LogP contribution is 2.11. The van der Waals surface area contributed by atoms with Gasteiger partial charge in [0.25, 0.3) is 0 Å². The van der Waals surface area contributed by atoms with Gasteiger partial charge in [0.05, 0.1) is 5.69 Å². The van der Waals surface area contributed by atoms with Crippen molar-refractivity contribution >= 4 is 23.5 Å². The van der Waals surface area contributed by atoms with Crippen molar-refractivity contribution in [2.24, 2.45) is 4.99 Å². The van der Waals surface area contributed by atoms with Crippen molar-refractivity contribution in [2.45, 2.75) is 13.8 Å². The Kier molecular flexibility index (Phi) is 12.0. The molecule has 184 valence electrons. The molecule has 0 bridgehead atoms. The maximum Gasteiger partial charge on any atom is 0.321 e. The van der Waals surface area contributed by atoms with Gasteiger partial charge in [-0.25, -0.2) is 9.59 Å². The van der Waals surface area contributed by atoms with Crippen LogP contribution in [0.3, 0.4) is 0 Å². The van der Waals surface area contributed by atoms with Crippen LogP contribution in [0.4, 0.5) is 16.2 Å². The molecular formula is C26H38N6O2. The fourth-order valence-electron chi connectivity index (χ4n) is 3.30. The van der Waals surface area contributed by atoms with Gasteiger partial charge < -0.3 is 25.3 Å². The molecule has 8 nitrogen and oxygen atoms in total. The summed E-state index contributed by atoms with van der Waals surface area (Å²) >= 11 is 0. The van der Waals surface area contributed by atoms with Gasteiger partial charge in [0.2, 0.25) is 6.08 Å². The summed E-state index contributed by atoms with van der Waals surface area (Å²) in [7, 11) is 4.23. The zero-order valence-corrected chi connectivity index (χ0v) is 20.9. The number of rotatable bonds is 2. The predicted molar refractivity (Wildman–Crippen MR) is 139 cm³/mol. The molecule has 0 unspecified atom stereocenters. The van der Waals surface area contributed by atoms with Gasteiger partial charge in [-0.05, 0) is 52.2 Å². The second-order valence-electron chi connectivity index (χ2n) is 8.68. The van der Waals surface area contributed by atoms with E-state index in [2.05, 4.69) is 39.5 Å². The van der Waals surface area contributed by atoms with E-state index in [1.165, 1.54) is 24.7 Å². The van der Waals surface area contributed by atoms with Crippen LogP contribution < -0.4 is 10.6 Å². The van der Waals surface area contributed by atoms with Crippen LogP contribution in [0.2, 0.25) is 0 Å². The summed E-state index contributed by atoms with van der Waals surface area (Å²) in [6, 6.07) is 15.2. The minimum absolute atomic E-state index is 0.00181. The lowest BCUT2D eigenvalue weighted by atomic mass is 10.2. The highest BCUT2D eigenvalue weighted by molar-refractivity contribution is 5.89. The molecule has 0 atom stereocenters. The summed E-state index contributed by atoms with van der Waals surface area (Å²) in [6.07, 6.45) is 1.48. The Bertz CT molecular complexity index is 896. The average molecular weight is 467 g/mol. The number of anilines is 1. The van der Waals surface area contributed by atoms with Crippen LogP contribution in [0, 0.1) is 13.8 Å². The van der Waals surface area contributed by atoms with Crippen LogP contribution in [0.5, 0.6) is 0 Å². The van der Waals surface area contributed by atoms with E-state index >= 15 is 0 Å². The van der Waals surface area contributed by atoms with E-state index in [9.17, 15) is 9.59 Å². The van der Waals surface area contributed by atoms with Gasteiger partial charge in [0.15, 0.2) is 0 Å². The Labute approximate surface area is 203 Å². The van der Waals surface area contributed by atoms with Crippen LogP contribution in [0.1, 0.15) is 11.1 Å². The molecule has 8 heteroatoms. The smallest absolute Gasteiger partial charge is 0.321 e. The Balaban J connectivity index is 0.000000202. The number of carbonyl (C=O) groups excluding carboxylic acids is 2. The van der Waals surface area contributed by atoms with Gasteiger partial charge in [-0.2, -0.15) is 4.99 Å². The first-order valence-corrected chi connectivity index (χ1v) is 11.7. The molecule has 2 aliphatic rings. The van der Waals surface area contributed by atoms with Crippen molar-refractivity contribution in [3.63, 3.8) is 0 Å². The second-order valence-corrected chi connectivity index (χ2v) is 8.68. The van der Waals surface area contributed by atoms with E-state index in [1.807, 2.05) is 55.1 Å². The third-order valence-corrected chi connectivity index (χ3v) is 5.64. The number of isocyanates is 1. The van der Waals surface area contributed by atoms with Crippen LogP contribution in [-0.2, 0) is 4.79 Å². The monoisotopic (exact) mass is 466 g/mol. The van der Waals surface area contributed by atoms with Crippen LogP contribution in [-0.4, -0.2) is 93.3 Å². The first kappa shape index (κ1) is 27.2. The number of piperazine rings is 2. The second kappa shape index (κ2) is 15.0. The zero-order valence-electron chi connectivity index (χ0n) is 20.9. The summed E-state index contributed by atoms with van der Waals surface area (Å²) in [4.78, 5) is 31.6. The Hall–Kier alpha value is -3.03. The molecule has 2 saturated heterocycles. The predicted octanol–water partition coefficient (Wildman–Crippen LogP) is 3.26. The molecule has 0 spiro atoms. The average Bonchev–Trinajstić information content (AvgIpc) is 2.84. The Morgan fingerprint density at radius 1 is 0.824 bits per heavy atom. The summed E-state index contributed by atoms with van der Waals surface area (Å²) in [5.41, 5.74) is 3.87. The Morgan fingerprint density at radius 3 is 1.79 bits per heavy atom. The van der Waals surface area contributed by atoms with Crippen molar-refractivity contribution in [2.75, 3.05) is 71.8 Å². The van der Waals surface area contributed by atoms with Crippen molar-refractivity contribution in [1.29, 1.82) is 0 Å². The number of amides is 2. The number of hydrogen-bond acceptors (Lipinski definition) is 6. The minimum Gasteiger partial charge on any atom is -0.322 e. The number of aliphatic imine (C=N–C) groups is 1. The number of likely N-dealkylation sites (N-methyl/N-ethyl adjacent to an activating group) is 2. The minimum atomic E-state index is 0.00181. The Morgan fingerprint density at radius 2 is 1.32 bits per heavy atom. The van der Waals surface area contributed by atoms with E-state index in [0.717, 1.165) is 50.5 Å². The molecule has 0 aromatic heterocycles. The lowest BCUT2D eigenvalue weighted by Crippen LogP contribution is -2.48. The normalized spacial score (nSPS) is 16.2. The van der Waals surface area contributed by atoms with Gasteiger partial charge in [-0.1, -0.05) is 35.4 Å². The first-order valence-electron chi connectivity index (χ1n) is 11.7. The van der Waals surface area contributed by atoms with Crippen LogP contribution in [0.15, 0.2) is 53.5 Å². The molecule has 2 aliphatic heterocycles. The molecule has 4 rings (SSSR count). The van der Waals surface area contributed by atoms with Gasteiger partial charge in [0.1, 0.15) is 0 Å². The molecule has 2 amide bonds. The maximum absolute atomic E-state index is 12.0. The molecule has 2 aromatic rings. The highest BCUT2D eigenvalue weighted by atomic mass is 16.2. The van der Waals surface area contributed by atoms with E-state index < -0.39 is 0 Å². The maximum atomic E-state index is 12.0. The summed E-state index contributed by atoms with van der Waals surface area (Å²) in [6.45, 7) is 12.2. The number of carbonyl (C=O) groups is 1. The largest absolute Gasteiger partial charge is 0.322 e. The quantitative estimate of drug-likeness (QED) is 0.525. The molecule has 0 radical (unpaired) electrons. The van der Waals surface area contributed by atoms with Crippen LogP contribution in [0.25, 0.3) is 0 Å². The van der Waals surface area contributed by atoms with E-state index in [-0.39, 0.29) is 6.03 Å². The molecule has 34 heavy (non-hydrogen) atoms. The van der Waals surface area contributed by atoms with Gasteiger partial charge >= 0.3 is 6.03 Å². The van der Waals surface area contributed by atoms with Crippen molar-refractivity contribution in [3.8, 4) is 0 Å². The highest BCUT2D eigenvalue weighted by Gasteiger charge is 2.18. The number of urea groups is 1. The molecular weight excluding hydrogens is 428 g/mol. The fraction of sp³-hybridized carbons (Fsp3) is 0.462. The van der Waals surface area contributed by atoms with Crippen molar-refractivity contribution in [1.82, 2.24) is 20.0 Å². The zero-order chi connectivity index (χ0) is 24.8. The number of nitrogens with zero attached hydrogens (tertiary/aromatic N) is 4. The van der Waals surface area contributed by atoms with Crippen LogP contribution >= 0.6 is 0 Å². The van der Waals surface area contributed by atoms with E-state index in [0.29, 0.717) is 5.69 Å². The molecule has 2 N–H and O–H groups in total. The third kappa shape index (κ3) is 10.7. The molecule has 0 saturated carbocycles. The van der Waals surface area contributed by atoms with E-state index in [1.54, 1.807) is 12.1 Å². The third-order valence-electron chi connectivity index (χ3n) is 5.64. The number of benzene rings is 2. The van der Waals surface area contributed by atoms with Gasteiger partial charge in [-0.15, -0.1) is 0 Å². The number of hydrogen-bond donors (Lipinski definition) is 2. The topological polar surface area (TPSA) is 80.3 Å². The van der Waals surface area contributed by atoms with Gasteiger partial charge in [0, 0.05) is 58.0 Å². The van der Waals surface area contributed by atoms with Crippen molar-refractivity contribution in [3.05, 3.63) is 59.7 Å². The molecule has 2 aromatic carbocycles. The van der Waals surface area contributed by atoms with Crippen molar-refractivity contribution < 1.29 is 9.59 Å². The van der Waals surface area contributed by atoms with Gasteiger partial charge in [-0.3, -0.25) is 0 Å². The number of nitrogens with one attached hydrogen (secondary N) is 2. The first-order chi connectivity index (χ1) is 16.4. The lowest BCUT2D eigenvalue weighted by molar-refractivity contribution is 0.164. The SMILES string of the molecule is CN1CCNCC1.Cc1ccc(N=C=O)cc1.Cc1ccc(NC(=O)N2CCN(C)CC2)cc1.